The highest BCUT2D eigenvalue weighted by molar-refractivity contribution is 7.88. The van der Waals surface area contributed by atoms with Crippen LogP contribution in [0.3, 0.4) is 0 Å². The SMILES string of the molecule is Cl.O=S(=O)(Cc1ccccc1F)N1CCNCC1c1ccccc1Cl. The minimum atomic E-state index is -3.68. The Hall–Kier alpha value is -1.18. The maximum absolute atomic E-state index is 13.9. The van der Waals surface area contributed by atoms with Crippen molar-refractivity contribution in [3.8, 4) is 0 Å². The van der Waals surface area contributed by atoms with E-state index in [1.165, 1.54) is 16.4 Å². The van der Waals surface area contributed by atoms with Crippen molar-refractivity contribution in [3.63, 3.8) is 0 Å². The smallest absolute Gasteiger partial charge is 0.219 e. The van der Waals surface area contributed by atoms with Gasteiger partial charge in [0.2, 0.25) is 10.0 Å². The third-order valence-corrected chi connectivity index (χ3v) is 6.28. The molecule has 1 saturated heterocycles. The standard InChI is InChI=1S/C17H18ClFN2O2S.ClH/c18-15-7-3-2-6-14(15)17-11-20-9-10-21(17)24(22,23)12-13-5-1-4-8-16(13)19;/h1-8,17,20H,9-12H2;1H. The van der Waals surface area contributed by atoms with Crippen molar-refractivity contribution >= 4 is 34.0 Å². The zero-order chi connectivity index (χ0) is 17.2. The molecular weight excluding hydrogens is 386 g/mol. The molecule has 0 spiro atoms. The third-order valence-electron chi connectivity index (χ3n) is 4.11. The summed E-state index contributed by atoms with van der Waals surface area (Å²) in [4.78, 5) is 0. The van der Waals surface area contributed by atoms with Gasteiger partial charge in [-0.15, -0.1) is 12.4 Å². The Morgan fingerprint density at radius 2 is 1.84 bits per heavy atom. The van der Waals surface area contributed by atoms with E-state index in [4.69, 9.17) is 11.6 Å². The molecule has 0 radical (unpaired) electrons. The Kier molecular flexibility index (Phi) is 6.82. The molecule has 25 heavy (non-hydrogen) atoms. The highest BCUT2D eigenvalue weighted by atomic mass is 35.5. The number of benzene rings is 2. The summed E-state index contributed by atoms with van der Waals surface area (Å²) < 4.78 is 41.1. The molecule has 2 aromatic rings. The summed E-state index contributed by atoms with van der Waals surface area (Å²) in [5, 5.41) is 3.72. The van der Waals surface area contributed by atoms with E-state index in [9.17, 15) is 12.8 Å². The zero-order valence-corrected chi connectivity index (χ0v) is 15.7. The number of nitrogens with zero attached hydrogens (tertiary/aromatic N) is 1. The molecule has 8 heteroatoms. The lowest BCUT2D eigenvalue weighted by atomic mass is 10.1. The van der Waals surface area contributed by atoms with Gasteiger partial charge >= 0.3 is 0 Å². The summed E-state index contributed by atoms with van der Waals surface area (Å²) in [6.45, 7) is 1.35. The number of piperazine rings is 1. The van der Waals surface area contributed by atoms with E-state index in [0.29, 0.717) is 24.7 Å². The molecule has 1 atom stereocenters. The highest BCUT2D eigenvalue weighted by Gasteiger charge is 2.34. The fourth-order valence-electron chi connectivity index (χ4n) is 2.92. The molecule has 0 amide bonds. The average Bonchev–Trinajstić information content (AvgIpc) is 2.57. The molecular formula is C17H19Cl2FN2O2S. The number of halogens is 3. The number of hydrogen-bond acceptors (Lipinski definition) is 3. The van der Waals surface area contributed by atoms with Crippen LogP contribution >= 0.6 is 24.0 Å². The molecule has 1 fully saturated rings. The number of rotatable bonds is 4. The molecule has 1 unspecified atom stereocenters. The maximum atomic E-state index is 13.9. The molecule has 0 aliphatic carbocycles. The molecule has 136 valence electrons. The first-order valence-electron chi connectivity index (χ1n) is 7.67. The Bertz CT molecular complexity index is 833. The third kappa shape index (κ3) is 4.51. The van der Waals surface area contributed by atoms with E-state index >= 15 is 0 Å². The quantitative estimate of drug-likeness (QED) is 0.849. The first kappa shape index (κ1) is 20.1. The number of sulfonamides is 1. The summed E-state index contributed by atoms with van der Waals surface area (Å²) in [7, 11) is -3.68. The van der Waals surface area contributed by atoms with Crippen molar-refractivity contribution in [2.75, 3.05) is 19.6 Å². The van der Waals surface area contributed by atoms with Gasteiger partial charge in [0, 0.05) is 30.2 Å². The lowest BCUT2D eigenvalue weighted by molar-refractivity contribution is 0.271. The van der Waals surface area contributed by atoms with Gasteiger partial charge in [-0.3, -0.25) is 0 Å². The Balaban J connectivity index is 0.00000225. The van der Waals surface area contributed by atoms with E-state index < -0.39 is 21.9 Å². The second-order valence-electron chi connectivity index (χ2n) is 5.70. The summed E-state index contributed by atoms with van der Waals surface area (Å²) in [5.41, 5.74) is 0.928. The van der Waals surface area contributed by atoms with E-state index in [-0.39, 0.29) is 23.7 Å². The highest BCUT2D eigenvalue weighted by Crippen LogP contribution is 2.31. The van der Waals surface area contributed by atoms with Crippen molar-refractivity contribution in [3.05, 3.63) is 70.5 Å². The van der Waals surface area contributed by atoms with Crippen LogP contribution in [-0.4, -0.2) is 32.4 Å². The minimum Gasteiger partial charge on any atom is -0.313 e. The van der Waals surface area contributed by atoms with Gasteiger partial charge in [0.15, 0.2) is 0 Å². The topological polar surface area (TPSA) is 49.4 Å². The van der Waals surface area contributed by atoms with Crippen molar-refractivity contribution in [1.82, 2.24) is 9.62 Å². The largest absolute Gasteiger partial charge is 0.313 e. The molecule has 1 N–H and O–H groups in total. The fourth-order valence-corrected chi connectivity index (χ4v) is 4.92. The normalized spacial score (nSPS) is 18.6. The Morgan fingerprint density at radius 3 is 2.56 bits per heavy atom. The van der Waals surface area contributed by atoms with Gasteiger partial charge in [-0.25, -0.2) is 12.8 Å². The molecule has 0 bridgehead atoms. The lowest BCUT2D eigenvalue weighted by Crippen LogP contribution is -2.49. The molecule has 0 aromatic heterocycles. The van der Waals surface area contributed by atoms with Crippen LogP contribution in [0.5, 0.6) is 0 Å². The van der Waals surface area contributed by atoms with Crippen LogP contribution < -0.4 is 5.32 Å². The van der Waals surface area contributed by atoms with Crippen molar-refractivity contribution in [2.24, 2.45) is 0 Å². The van der Waals surface area contributed by atoms with Gasteiger partial charge in [-0.1, -0.05) is 48.0 Å². The lowest BCUT2D eigenvalue weighted by Gasteiger charge is -2.36. The van der Waals surface area contributed by atoms with E-state index in [1.807, 2.05) is 12.1 Å². The first-order chi connectivity index (χ1) is 11.5. The van der Waals surface area contributed by atoms with Gasteiger partial charge in [-0.2, -0.15) is 4.31 Å². The average molecular weight is 405 g/mol. The fraction of sp³-hybridized carbons (Fsp3) is 0.294. The Morgan fingerprint density at radius 1 is 1.16 bits per heavy atom. The number of nitrogens with one attached hydrogen (secondary N) is 1. The van der Waals surface area contributed by atoms with Gasteiger partial charge in [0.1, 0.15) is 5.82 Å². The zero-order valence-electron chi connectivity index (χ0n) is 13.4. The van der Waals surface area contributed by atoms with Crippen LogP contribution in [0.15, 0.2) is 48.5 Å². The van der Waals surface area contributed by atoms with Gasteiger partial charge in [0.25, 0.3) is 0 Å². The van der Waals surface area contributed by atoms with E-state index in [2.05, 4.69) is 5.32 Å². The van der Waals surface area contributed by atoms with Crippen molar-refractivity contribution in [1.29, 1.82) is 0 Å². The van der Waals surface area contributed by atoms with E-state index in [1.54, 1.807) is 24.3 Å². The summed E-state index contributed by atoms with van der Waals surface area (Å²) >= 11 is 6.25. The van der Waals surface area contributed by atoms with Crippen LogP contribution in [0.4, 0.5) is 4.39 Å². The molecule has 1 aliphatic rings. The van der Waals surface area contributed by atoms with Crippen molar-refractivity contribution < 1.29 is 12.8 Å². The Labute approximate surface area is 158 Å². The summed E-state index contributed by atoms with van der Waals surface area (Å²) in [5.74, 6) is -0.869. The predicted molar refractivity (Wildman–Crippen MR) is 100 cm³/mol. The van der Waals surface area contributed by atoms with Gasteiger partial charge < -0.3 is 5.32 Å². The molecule has 4 nitrogen and oxygen atoms in total. The van der Waals surface area contributed by atoms with Crippen LogP contribution in [0.2, 0.25) is 5.02 Å². The number of hydrogen-bond donors (Lipinski definition) is 1. The monoisotopic (exact) mass is 404 g/mol. The summed E-state index contributed by atoms with van der Waals surface area (Å²) in [6.07, 6.45) is 0. The van der Waals surface area contributed by atoms with Crippen LogP contribution in [0, 0.1) is 5.82 Å². The molecule has 1 aliphatic heterocycles. The van der Waals surface area contributed by atoms with Crippen LogP contribution in [0.25, 0.3) is 0 Å². The van der Waals surface area contributed by atoms with Crippen molar-refractivity contribution in [2.45, 2.75) is 11.8 Å². The predicted octanol–water partition coefficient (Wildman–Crippen LogP) is 3.38. The maximum Gasteiger partial charge on any atom is 0.219 e. The van der Waals surface area contributed by atoms with Crippen LogP contribution in [-0.2, 0) is 15.8 Å². The van der Waals surface area contributed by atoms with Crippen LogP contribution in [0.1, 0.15) is 17.2 Å². The minimum absolute atomic E-state index is 0. The molecule has 0 saturated carbocycles. The van der Waals surface area contributed by atoms with Gasteiger partial charge in [0.05, 0.1) is 11.8 Å². The van der Waals surface area contributed by atoms with Gasteiger partial charge in [-0.05, 0) is 17.7 Å². The second kappa shape index (κ2) is 8.47. The first-order valence-corrected chi connectivity index (χ1v) is 9.66. The molecule has 2 aromatic carbocycles. The molecule has 3 rings (SSSR count). The second-order valence-corrected chi connectivity index (χ2v) is 8.03. The van der Waals surface area contributed by atoms with E-state index in [0.717, 1.165) is 5.56 Å². The molecule has 1 heterocycles. The summed E-state index contributed by atoms with van der Waals surface area (Å²) in [6, 6.07) is 12.8.